The number of hydrogen-bond donors (Lipinski definition) is 1. The summed E-state index contributed by atoms with van der Waals surface area (Å²) in [6.45, 7) is 9.54. The van der Waals surface area contributed by atoms with Crippen LogP contribution in [0.5, 0.6) is 0 Å². The van der Waals surface area contributed by atoms with Crippen LogP contribution in [0.3, 0.4) is 0 Å². The average molecular weight is 674 g/mol. The van der Waals surface area contributed by atoms with Gasteiger partial charge in [-0.2, -0.15) is 0 Å². The molecule has 0 fully saturated rings. The first-order chi connectivity index (χ1) is 23.6. The summed E-state index contributed by atoms with van der Waals surface area (Å²) >= 11 is 0. The van der Waals surface area contributed by atoms with Gasteiger partial charge in [-0.1, -0.05) is 147 Å². The highest BCUT2D eigenvalue weighted by molar-refractivity contribution is 5.67. The van der Waals surface area contributed by atoms with Crippen molar-refractivity contribution >= 4 is 6.09 Å². The summed E-state index contributed by atoms with van der Waals surface area (Å²) in [7, 11) is 4.02. The van der Waals surface area contributed by atoms with Gasteiger partial charge in [0.05, 0.1) is 0 Å². The number of ether oxygens (including phenoxy) is 1. The number of carbonyl (C=O) groups excluding carboxylic acids is 1. The van der Waals surface area contributed by atoms with E-state index >= 15 is 0 Å². The van der Waals surface area contributed by atoms with Gasteiger partial charge in [0.2, 0.25) is 0 Å². The quantitative estimate of drug-likeness (QED) is 0.0526. The molecule has 282 valence electrons. The van der Waals surface area contributed by atoms with Gasteiger partial charge in [0.25, 0.3) is 0 Å². The molecule has 48 heavy (non-hydrogen) atoms. The van der Waals surface area contributed by atoms with Crippen LogP contribution < -0.4 is 5.32 Å². The molecule has 0 aliphatic carbocycles. The first-order valence-corrected chi connectivity index (χ1v) is 20.8. The smallest absolute Gasteiger partial charge is 0.407 e. The zero-order valence-electron chi connectivity index (χ0n) is 32.8. The molecule has 0 atom stereocenters. The molecular formula is C43H83N3O2. The van der Waals surface area contributed by atoms with E-state index in [9.17, 15) is 4.79 Å². The van der Waals surface area contributed by atoms with E-state index in [1.165, 1.54) is 161 Å². The van der Waals surface area contributed by atoms with E-state index in [4.69, 9.17) is 4.74 Å². The van der Waals surface area contributed by atoms with E-state index in [1.807, 2.05) is 14.1 Å². The summed E-state index contributed by atoms with van der Waals surface area (Å²) in [5.41, 5.74) is 0. The maximum Gasteiger partial charge on any atom is 0.407 e. The van der Waals surface area contributed by atoms with Crippen molar-refractivity contribution in [1.29, 1.82) is 0 Å². The summed E-state index contributed by atoms with van der Waals surface area (Å²) in [6, 6.07) is 0. The first kappa shape index (κ1) is 46.4. The van der Waals surface area contributed by atoms with Gasteiger partial charge in [-0.05, 0) is 97.8 Å². The van der Waals surface area contributed by atoms with Crippen LogP contribution in [0.15, 0.2) is 36.5 Å². The molecular weight excluding hydrogens is 590 g/mol. The number of unbranched alkanes of at least 4 members (excludes halogenated alkanes) is 21. The molecule has 1 N–H and O–H groups in total. The molecule has 5 heteroatoms. The van der Waals surface area contributed by atoms with Crippen molar-refractivity contribution in [3.8, 4) is 0 Å². The van der Waals surface area contributed by atoms with Crippen LogP contribution >= 0.6 is 0 Å². The molecule has 0 rings (SSSR count). The number of amides is 1. The van der Waals surface area contributed by atoms with E-state index < -0.39 is 0 Å². The number of likely N-dealkylation sites (N-methyl/N-ethyl adjacent to an activating group) is 1. The topological polar surface area (TPSA) is 44.8 Å². The van der Waals surface area contributed by atoms with Crippen LogP contribution in [0, 0.1) is 0 Å². The Balaban J connectivity index is 4.05. The zero-order valence-corrected chi connectivity index (χ0v) is 32.8. The largest absolute Gasteiger partial charge is 0.448 e. The van der Waals surface area contributed by atoms with Crippen molar-refractivity contribution in [2.75, 3.05) is 53.4 Å². The van der Waals surface area contributed by atoms with Gasteiger partial charge in [-0.15, -0.1) is 0 Å². The van der Waals surface area contributed by atoms with Gasteiger partial charge in [0, 0.05) is 19.6 Å². The number of carbonyl (C=O) groups is 1. The van der Waals surface area contributed by atoms with Crippen molar-refractivity contribution in [3.63, 3.8) is 0 Å². The molecule has 1 amide bonds. The Kier molecular flexibility index (Phi) is 38.5. The van der Waals surface area contributed by atoms with Gasteiger partial charge in [-0.25, -0.2) is 4.79 Å². The van der Waals surface area contributed by atoms with Gasteiger partial charge >= 0.3 is 6.09 Å². The van der Waals surface area contributed by atoms with E-state index in [0.29, 0.717) is 13.2 Å². The molecule has 0 unspecified atom stereocenters. The molecule has 0 aromatic carbocycles. The highest BCUT2D eigenvalue weighted by Crippen LogP contribution is 2.12. The van der Waals surface area contributed by atoms with Crippen LogP contribution in [0.25, 0.3) is 0 Å². The Hall–Kier alpha value is -1.59. The number of alkyl carbamates (subject to hydrolysis) is 1. The minimum Gasteiger partial charge on any atom is -0.448 e. The summed E-state index contributed by atoms with van der Waals surface area (Å²) in [5, 5.41) is 2.86. The fraction of sp³-hybridized carbons (Fsp3) is 0.837. The monoisotopic (exact) mass is 674 g/mol. The van der Waals surface area contributed by atoms with Crippen LogP contribution in [-0.4, -0.2) is 69.3 Å². The number of hydrogen-bond acceptors (Lipinski definition) is 4. The zero-order chi connectivity index (χ0) is 35.0. The maximum atomic E-state index is 12.1. The summed E-state index contributed by atoms with van der Waals surface area (Å²) in [4.78, 5) is 16.6. The SMILES string of the molecule is CCCCC/C=C\C/C=C\CCCCCCCCN(CCCCCCC/C=C\CCCCCCCCC)CCOC(=O)NCCN(C)C. The second-order valence-electron chi connectivity index (χ2n) is 14.2. The molecule has 5 nitrogen and oxygen atoms in total. The first-order valence-electron chi connectivity index (χ1n) is 20.8. The van der Waals surface area contributed by atoms with Crippen molar-refractivity contribution in [2.24, 2.45) is 0 Å². The summed E-state index contributed by atoms with van der Waals surface area (Å²) in [5.74, 6) is 0. The predicted molar refractivity (Wildman–Crippen MR) is 213 cm³/mol. The highest BCUT2D eigenvalue weighted by atomic mass is 16.5. The highest BCUT2D eigenvalue weighted by Gasteiger charge is 2.08. The van der Waals surface area contributed by atoms with Gasteiger partial charge in [0.1, 0.15) is 6.61 Å². The molecule has 0 aliphatic heterocycles. The van der Waals surface area contributed by atoms with Gasteiger partial charge < -0.3 is 15.0 Å². The van der Waals surface area contributed by atoms with Crippen LogP contribution in [-0.2, 0) is 4.74 Å². The minimum atomic E-state index is -0.290. The second-order valence-corrected chi connectivity index (χ2v) is 14.2. The molecule has 0 spiro atoms. The predicted octanol–water partition coefficient (Wildman–Crippen LogP) is 12.4. The minimum absolute atomic E-state index is 0.290. The molecule has 0 saturated carbocycles. The summed E-state index contributed by atoms with van der Waals surface area (Å²) < 4.78 is 5.49. The van der Waals surface area contributed by atoms with Crippen molar-refractivity contribution in [2.45, 2.75) is 181 Å². The Morgan fingerprint density at radius 1 is 0.500 bits per heavy atom. The molecule has 0 aliphatic rings. The summed E-state index contributed by atoms with van der Waals surface area (Å²) in [6.07, 6.45) is 48.1. The maximum absolute atomic E-state index is 12.1. The average Bonchev–Trinajstić information content (AvgIpc) is 3.07. The lowest BCUT2D eigenvalue weighted by molar-refractivity contribution is 0.125. The van der Waals surface area contributed by atoms with Gasteiger partial charge in [0.15, 0.2) is 0 Å². The normalized spacial score (nSPS) is 12.1. The molecule has 0 aromatic rings. The molecule has 0 radical (unpaired) electrons. The second kappa shape index (κ2) is 39.8. The molecule has 0 aromatic heterocycles. The lowest BCUT2D eigenvalue weighted by Crippen LogP contribution is -2.35. The number of rotatable bonds is 37. The number of nitrogens with one attached hydrogen (secondary N) is 1. The standard InChI is InChI=1S/C43H83N3O2/c1-5-7-9-11-13-15-17-19-21-23-25-27-29-31-33-35-38-46(41-42-48-43(47)44-37-40-45(3)4)39-36-34-32-30-28-26-24-22-20-18-16-14-12-10-8-6-2/h13,15,19,21-22,24H,5-12,14,16-18,20,23,25-42H2,1-4H3,(H,44,47)/b15-13-,21-19-,24-22-. The fourth-order valence-electron chi connectivity index (χ4n) is 5.94. The van der Waals surface area contributed by atoms with Crippen molar-refractivity contribution in [1.82, 2.24) is 15.1 Å². The van der Waals surface area contributed by atoms with E-state index in [-0.39, 0.29) is 6.09 Å². The van der Waals surface area contributed by atoms with Gasteiger partial charge in [-0.3, -0.25) is 4.90 Å². The van der Waals surface area contributed by atoms with Crippen molar-refractivity contribution < 1.29 is 9.53 Å². The van der Waals surface area contributed by atoms with Crippen LogP contribution in [0.1, 0.15) is 181 Å². The fourth-order valence-corrected chi connectivity index (χ4v) is 5.94. The third-order valence-corrected chi connectivity index (χ3v) is 9.13. The molecule has 0 bridgehead atoms. The van der Waals surface area contributed by atoms with Crippen molar-refractivity contribution in [3.05, 3.63) is 36.5 Å². The number of allylic oxidation sites excluding steroid dienone is 6. The Labute approximate surface area is 300 Å². The third-order valence-electron chi connectivity index (χ3n) is 9.13. The van der Waals surface area contributed by atoms with E-state index in [1.54, 1.807) is 0 Å². The van der Waals surface area contributed by atoms with E-state index in [2.05, 4.69) is 65.4 Å². The lowest BCUT2D eigenvalue weighted by Gasteiger charge is -2.22. The molecule has 0 heterocycles. The molecule has 0 saturated heterocycles. The van der Waals surface area contributed by atoms with Crippen LogP contribution in [0.2, 0.25) is 0 Å². The van der Waals surface area contributed by atoms with Crippen LogP contribution in [0.4, 0.5) is 4.79 Å². The Morgan fingerprint density at radius 3 is 1.38 bits per heavy atom. The third kappa shape index (κ3) is 38.9. The number of nitrogens with zero attached hydrogens (tertiary/aromatic N) is 2. The lowest BCUT2D eigenvalue weighted by atomic mass is 10.1. The van der Waals surface area contributed by atoms with E-state index in [0.717, 1.165) is 32.6 Å². The Morgan fingerprint density at radius 2 is 0.896 bits per heavy atom. The Bertz CT molecular complexity index is 734.